The van der Waals surface area contributed by atoms with Crippen molar-refractivity contribution < 1.29 is 13.2 Å². The third-order valence-electron chi connectivity index (χ3n) is 5.77. The van der Waals surface area contributed by atoms with E-state index >= 15 is 0 Å². The fraction of sp³-hybridized carbons (Fsp3) is 0.348. The van der Waals surface area contributed by atoms with Gasteiger partial charge in [0.2, 0.25) is 15.9 Å². The smallest absolute Gasteiger partial charge is 0.348 e. The zero-order valence-corrected chi connectivity index (χ0v) is 18.7. The third kappa shape index (κ3) is 4.58. The molecule has 32 heavy (non-hydrogen) atoms. The molecule has 0 saturated carbocycles. The van der Waals surface area contributed by atoms with Crippen LogP contribution in [0.5, 0.6) is 0 Å². The highest BCUT2D eigenvalue weighted by Gasteiger charge is 2.26. The van der Waals surface area contributed by atoms with E-state index in [4.69, 9.17) is 0 Å². The summed E-state index contributed by atoms with van der Waals surface area (Å²) in [6, 6.07) is 13.9. The second-order valence-corrected chi connectivity index (χ2v) is 9.95. The van der Waals surface area contributed by atoms with Gasteiger partial charge in [0.25, 0.3) is 0 Å². The number of aromatic nitrogens is 2. The lowest BCUT2D eigenvalue weighted by Gasteiger charge is -2.26. The number of carbonyl (C=O) groups excluding carboxylic acids is 1. The van der Waals surface area contributed by atoms with Crippen LogP contribution >= 0.6 is 0 Å². The van der Waals surface area contributed by atoms with Gasteiger partial charge in [0.15, 0.2) is 0 Å². The van der Waals surface area contributed by atoms with Gasteiger partial charge < -0.3 is 5.32 Å². The van der Waals surface area contributed by atoms with Crippen LogP contribution in [0.25, 0.3) is 10.9 Å². The maximum atomic E-state index is 13.0. The molecule has 1 fully saturated rings. The van der Waals surface area contributed by atoms with E-state index in [1.54, 1.807) is 6.07 Å². The summed E-state index contributed by atoms with van der Waals surface area (Å²) in [6.07, 6.45) is 4.09. The lowest BCUT2D eigenvalue weighted by molar-refractivity contribution is -0.122. The number of piperidine rings is 1. The molecule has 1 aromatic heterocycles. The van der Waals surface area contributed by atoms with Crippen LogP contribution in [0.1, 0.15) is 37.8 Å². The number of benzene rings is 2. The largest absolute Gasteiger partial charge is 0.348 e. The molecule has 0 aliphatic carbocycles. The van der Waals surface area contributed by atoms with Gasteiger partial charge in [0.1, 0.15) is 6.54 Å². The Balaban J connectivity index is 1.59. The molecule has 1 N–H and O–H groups in total. The topological polar surface area (TPSA) is 101 Å². The van der Waals surface area contributed by atoms with Crippen molar-refractivity contribution in [3.8, 4) is 0 Å². The molecule has 9 heteroatoms. The Kier molecular flexibility index (Phi) is 6.38. The van der Waals surface area contributed by atoms with Crippen molar-refractivity contribution >= 4 is 26.8 Å². The fourth-order valence-corrected chi connectivity index (χ4v) is 5.56. The predicted molar refractivity (Wildman–Crippen MR) is 122 cm³/mol. The van der Waals surface area contributed by atoms with Crippen LogP contribution in [-0.2, 0) is 21.4 Å². The van der Waals surface area contributed by atoms with Gasteiger partial charge in [-0.15, -0.1) is 0 Å². The van der Waals surface area contributed by atoms with Crippen molar-refractivity contribution in [3.63, 3.8) is 0 Å². The summed E-state index contributed by atoms with van der Waals surface area (Å²) >= 11 is 0. The minimum absolute atomic E-state index is 0.168. The van der Waals surface area contributed by atoms with E-state index in [1.807, 2.05) is 37.3 Å². The Morgan fingerprint density at radius 2 is 1.81 bits per heavy atom. The van der Waals surface area contributed by atoms with Crippen molar-refractivity contribution in [2.75, 3.05) is 13.1 Å². The normalized spacial score (nSPS) is 16.0. The molecular weight excluding hydrogens is 428 g/mol. The molecule has 8 nitrogen and oxygen atoms in total. The van der Waals surface area contributed by atoms with E-state index < -0.39 is 15.7 Å². The van der Waals surface area contributed by atoms with E-state index in [2.05, 4.69) is 10.3 Å². The molecule has 2 aromatic carbocycles. The lowest BCUT2D eigenvalue weighted by Crippen LogP contribution is -2.36. The zero-order chi connectivity index (χ0) is 22.7. The molecule has 2 heterocycles. The summed E-state index contributed by atoms with van der Waals surface area (Å²) in [5, 5.41) is 3.38. The van der Waals surface area contributed by atoms with Crippen LogP contribution in [-0.4, -0.2) is 41.3 Å². The summed E-state index contributed by atoms with van der Waals surface area (Å²) in [5.41, 5.74) is 0.855. The Labute approximate surface area is 186 Å². The first-order valence-corrected chi connectivity index (χ1v) is 12.1. The average Bonchev–Trinajstić information content (AvgIpc) is 2.81. The van der Waals surface area contributed by atoms with Crippen LogP contribution in [0.3, 0.4) is 0 Å². The van der Waals surface area contributed by atoms with Crippen molar-refractivity contribution in [1.82, 2.24) is 19.2 Å². The van der Waals surface area contributed by atoms with Crippen molar-refractivity contribution in [2.24, 2.45) is 0 Å². The molecule has 1 aliphatic heterocycles. The molecule has 0 spiro atoms. The maximum Gasteiger partial charge on any atom is 0.348 e. The quantitative estimate of drug-likeness (QED) is 0.617. The molecule has 1 amide bonds. The van der Waals surface area contributed by atoms with Crippen LogP contribution in [0, 0.1) is 0 Å². The second kappa shape index (κ2) is 9.22. The Bertz CT molecular complexity index is 1280. The maximum absolute atomic E-state index is 13.0. The van der Waals surface area contributed by atoms with Gasteiger partial charge in [-0.25, -0.2) is 18.2 Å². The lowest BCUT2D eigenvalue weighted by atomic mass is 10.1. The number of carbonyl (C=O) groups is 1. The minimum atomic E-state index is -3.61. The number of fused-ring (bicyclic) bond motifs is 1. The molecule has 1 aliphatic rings. The molecular formula is C23H26N4O4S. The SMILES string of the molecule is C[C@@H](NC(=O)Cn1c(=O)ncc2cc(S(=O)(=O)N3CCCCC3)ccc21)c1ccccc1. The number of rotatable bonds is 6. The molecule has 0 unspecified atom stereocenters. The summed E-state index contributed by atoms with van der Waals surface area (Å²) in [7, 11) is -3.61. The number of hydrogen-bond donors (Lipinski definition) is 1. The van der Waals surface area contributed by atoms with Crippen LogP contribution < -0.4 is 11.0 Å². The van der Waals surface area contributed by atoms with Gasteiger partial charge in [0.05, 0.1) is 16.5 Å². The first-order valence-electron chi connectivity index (χ1n) is 10.7. The number of nitrogens with zero attached hydrogens (tertiary/aromatic N) is 3. The molecule has 1 saturated heterocycles. The van der Waals surface area contributed by atoms with Gasteiger partial charge in [-0.3, -0.25) is 9.36 Å². The second-order valence-electron chi connectivity index (χ2n) is 8.01. The summed E-state index contributed by atoms with van der Waals surface area (Å²) < 4.78 is 28.7. The van der Waals surface area contributed by atoms with E-state index in [0.717, 1.165) is 24.8 Å². The number of hydrogen-bond acceptors (Lipinski definition) is 5. The predicted octanol–water partition coefficient (Wildman–Crippen LogP) is 2.45. The van der Waals surface area contributed by atoms with Gasteiger partial charge >= 0.3 is 5.69 Å². The number of nitrogens with one attached hydrogen (secondary N) is 1. The minimum Gasteiger partial charge on any atom is -0.348 e. The van der Waals surface area contributed by atoms with Crippen LogP contribution in [0.2, 0.25) is 0 Å². The third-order valence-corrected chi connectivity index (χ3v) is 7.66. The van der Waals surface area contributed by atoms with Crippen molar-refractivity contribution in [1.29, 1.82) is 0 Å². The number of amides is 1. The molecule has 0 radical (unpaired) electrons. The zero-order valence-electron chi connectivity index (χ0n) is 17.9. The Morgan fingerprint density at radius 3 is 2.53 bits per heavy atom. The van der Waals surface area contributed by atoms with Crippen LogP contribution in [0.4, 0.5) is 0 Å². The van der Waals surface area contributed by atoms with E-state index in [9.17, 15) is 18.0 Å². The van der Waals surface area contributed by atoms with E-state index in [-0.39, 0.29) is 23.4 Å². The number of sulfonamides is 1. The Morgan fingerprint density at radius 1 is 1.09 bits per heavy atom. The van der Waals surface area contributed by atoms with Crippen molar-refractivity contribution in [2.45, 2.75) is 43.7 Å². The van der Waals surface area contributed by atoms with Gasteiger partial charge in [-0.2, -0.15) is 4.31 Å². The van der Waals surface area contributed by atoms with Gasteiger partial charge in [-0.05, 0) is 43.5 Å². The molecule has 168 valence electrons. The monoisotopic (exact) mass is 454 g/mol. The summed E-state index contributed by atoms with van der Waals surface area (Å²) in [6.45, 7) is 2.68. The highest BCUT2D eigenvalue weighted by Crippen LogP contribution is 2.23. The summed E-state index contributed by atoms with van der Waals surface area (Å²) in [5.74, 6) is -0.331. The summed E-state index contributed by atoms with van der Waals surface area (Å²) in [4.78, 5) is 29.0. The van der Waals surface area contributed by atoms with E-state index in [0.29, 0.717) is 24.0 Å². The molecule has 0 bridgehead atoms. The Hall–Kier alpha value is -3.04. The molecule has 1 atom stereocenters. The van der Waals surface area contributed by atoms with Crippen molar-refractivity contribution in [3.05, 3.63) is 70.8 Å². The fourth-order valence-electron chi connectivity index (χ4n) is 4.00. The van der Waals surface area contributed by atoms with Gasteiger partial charge in [-0.1, -0.05) is 36.8 Å². The van der Waals surface area contributed by atoms with E-state index in [1.165, 1.54) is 27.2 Å². The standard InChI is InChI=1S/C23H26N4O4S/c1-17(18-8-4-2-5-9-18)25-22(28)16-27-21-11-10-20(14-19(21)15-24-23(27)29)32(30,31)26-12-6-3-7-13-26/h2,4-5,8-11,14-15,17H,3,6-7,12-13,16H2,1H3,(H,25,28)/t17-/m1/s1. The highest BCUT2D eigenvalue weighted by molar-refractivity contribution is 7.89. The first-order chi connectivity index (χ1) is 15.4. The van der Waals surface area contributed by atoms with Gasteiger partial charge in [0, 0.05) is 24.7 Å². The average molecular weight is 455 g/mol. The molecule has 4 rings (SSSR count). The first kappa shape index (κ1) is 22.2. The van der Waals surface area contributed by atoms with Crippen LogP contribution in [0.15, 0.2) is 64.4 Å². The highest BCUT2D eigenvalue weighted by atomic mass is 32.2. The molecule has 3 aromatic rings.